The van der Waals surface area contributed by atoms with Crippen LogP contribution in [-0.2, 0) is 9.59 Å². The zero-order valence-electron chi connectivity index (χ0n) is 8.68. The highest BCUT2D eigenvalue weighted by Crippen LogP contribution is 2.12. The molecule has 4 heteroatoms. The molecule has 0 radical (unpaired) electrons. The van der Waals surface area contributed by atoms with Crippen molar-refractivity contribution in [1.82, 2.24) is 0 Å². The van der Waals surface area contributed by atoms with E-state index in [-0.39, 0.29) is 0 Å². The molecule has 15 heavy (non-hydrogen) atoms. The Morgan fingerprint density at radius 3 is 2.27 bits per heavy atom. The first-order valence-corrected chi connectivity index (χ1v) is 4.55. The summed E-state index contributed by atoms with van der Waals surface area (Å²) in [5.74, 6) is -1.17. The van der Waals surface area contributed by atoms with E-state index in [1.54, 1.807) is 24.3 Å². The summed E-state index contributed by atoms with van der Waals surface area (Å²) in [6.07, 6.45) is -1.57. The predicted molar refractivity (Wildman–Crippen MR) is 56.5 cm³/mol. The van der Waals surface area contributed by atoms with E-state index in [9.17, 15) is 14.7 Å². The molecular formula is C11H13NO3. The molecule has 0 saturated carbocycles. The van der Waals surface area contributed by atoms with Crippen molar-refractivity contribution in [3.8, 4) is 0 Å². The lowest BCUT2D eigenvalue weighted by molar-refractivity contribution is -0.136. The lowest BCUT2D eigenvalue weighted by Gasteiger charge is -2.19. The lowest BCUT2D eigenvalue weighted by Crippen LogP contribution is -2.40. The van der Waals surface area contributed by atoms with Crippen LogP contribution in [0.15, 0.2) is 30.3 Å². The van der Waals surface area contributed by atoms with Crippen LogP contribution in [0.2, 0.25) is 0 Å². The third-order valence-corrected chi connectivity index (χ3v) is 2.09. The third-order valence-electron chi connectivity index (χ3n) is 2.09. The molecule has 0 fully saturated rings. The Labute approximate surface area is 88.1 Å². The number of para-hydroxylation sites is 1. The smallest absolute Gasteiger partial charge is 0.263 e. The summed E-state index contributed by atoms with van der Waals surface area (Å²) in [7, 11) is 1.52. The Morgan fingerprint density at radius 2 is 1.80 bits per heavy atom. The molecule has 0 aliphatic heterocycles. The second-order valence-corrected chi connectivity index (χ2v) is 3.25. The highest BCUT2D eigenvalue weighted by molar-refractivity contribution is 6.09. The fourth-order valence-electron chi connectivity index (χ4n) is 1.14. The summed E-state index contributed by atoms with van der Waals surface area (Å²) < 4.78 is 0. The molecule has 4 nitrogen and oxygen atoms in total. The van der Waals surface area contributed by atoms with E-state index in [2.05, 4.69) is 0 Å². The lowest BCUT2D eigenvalue weighted by atomic mass is 10.2. The molecule has 0 spiro atoms. The molecule has 1 aromatic carbocycles. The van der Waals surface area contributed by atoms with Crippen LogP contribution in [0.1, 0.15) is 6.92 Å². The average molecular weight is 207 g/mol. The molecule has 1 amide bonds. The number of rotatable bonds is 3. The van der Waals surface area contributed by atoms with Crippen LogP contribution in [-0.4, -0.2) is 29.9 Å². The number of likely N-dealkylation sites (N-methyl/N-ethyl adjacent to an activating group) is 1. The number of hydrogen-bond acceptors (Lipinski definition) is 3. The van der Waals surface area contributed by atoms with Gasteiger partial charge in [-0.05, 0) is 19.1 Å². The van der Waals surface area contributed by atoms with Gasteiger partial charge in [-0.15, -0.1) is 0 Å². The zero-order chi connectivity index (χ0) is 11.4. The van der Waals surface area contributed by atoms with Crippen molar-refractivity contribution >= 4 is 17.4 Å². The van der Waals surface area contributed by atoms with Gasteiger partial charge in [0.05, 0.1) is 0 Å². The van der Waals surface area contributed by atoms with Crippen LogP contribution in [0.4, 0.5) is 5.69 Å². The maximum Gasteiger partial charge on any atom is 0.263 e. The number of hydrogen-bond donors (Lipinski definition) is 1. The van der Waals surface area contributed by atoms with Crippen LogP contribution >= 0.6 is 0 Å². The average Bonchev–Trinajstić information content (AvgIpc) is 2.27. The summed E-state index contributed by atoms with van der Waals surface area (Å²) in [4.78, 5) is 23.6. The first kappa shape index (κ1) is 11.4. The number of carbonyl (C=O) groups excluding carboxylic acids is 2. The first-order valence-electron chi connectivity index (χ1n) is 4.55. The van der Waals surface area contributed by atoms with Gasteiger partial charge in [0, 0.05) is 12.7 Å². The molecule has 1 aromatic rings. The maximum absolute atomic E-state index is 11.5. The molecule has 80 valence electrons. The van der Waals surface area contributed by atoms with Gasteiger partial charge in [0.15, 0.2) is 11.9 Å². The van der Waals surface area contributed by atoms with E-state index < -0.39 is 17.8 Å². The van der Waals surface area contributed by atoms with E-state index in [1.807, 2.05) is 6.07 Å². The molecule has 1 unspecified atom stereocenters. The number of aliphatic hydroxyl groups excluding tert-OH is 1. The third kappa shape index (κ3) is 2.63. The summed E-state index contributed by atoms with van der Waals surface area (Å²) in [5, 5.41) is 9.29. The van der Waals surface area contributed by atoms with Crippen molar-refractivity contribution in [3.05, 3.63) is 30.3 Å². The van der Waals surface area contributed by atoms with Gasteiger partial charge in [0.2, 0.25) is 0 Å². The number of nitrogens with zero attached hydrogens (tertiary/aromatic N) is 1. The zero-order valence-corrected chi connectivity index (χ0v) is 8.68. The van der Waals surface area contributed by atoms with Crippen molar-refractivity contribution < 1.29 is 14.7 Å². The highest BCUT2D eigenvalue weighted by atomic mass is 16.3. The minimum atomic E-state index is -1.57. The van der Waals surface area contributed by atoms with E-state index in [0.717, 1.165) is 0 Å². The van der Waals surface area contributed by atoms with Crippen LogP contribution in [0, 0.1) is 0 Å². The quantitative estimate of drug-likeness (QED) is 0.738. The fourth-order valence-corrected chi connectivity index (χ4v) is 1.14. The molecule has 1 rings (SSSR count). The normalized spacial score (nSPS) is 11.9. The van der Waals surface area contributed by atoms with Crippen molar-refractivity contribution in [3.63, 3.8) is 0 Å². The number of anilines is 1. The number of carbonyl (C=O) groups is 2. The highest BCUT2D eigenvalue weighted by Gasteiger charge is 2.23. The number of benzene rings is 1. The van der Waals surface area contributed by atoms with Gasteiger partial charge in [0.1, 0.15) is 0 Å². The molecular weight excluding hydrogens is 194 g/mol. The van der Waals surface area contributed by atoms with Gasteiger partial charge in [0.25, 0.3) is 5.91 Å². The minimum Gasteiger partial charge on any atom is -0.376 e. The summed E-state index contributed by atoms with van der Waals surface area (Å²) >= 11 is 0. The Bertz CT molecular complexity index is 361. The summed E-state index contributed by atoms with van der Waals surface area (Å²) in [6, 6.07) is 8.83. The molecule has 0 aliphatic rings. The van der Waals surface area contributed by atoms with Gasteiger partial charge in [-0.1, -0.05) is 18.2 Å². The second-order valence-electron chi connectivity index (χ2n) is 3.25. The summed E-state index contributed by atoms with van der Waals surface area (Å²) in [6.45, 7) is 1.18. The van der Waals surface area contributed by atoms with Gasteiger partial charge in [-0.2, -0.15) is 0 Å². The fraction of sp³-hybridized carbons (Fsp3) is 0.273. The van der Waals surface area contributed by atoms with Crippen LogP contribution in [0.3, 0.4) is 0 Å². The Kier molecular flexibility index (Phi) is 3.57. The number of amides is 1. The van der Waals surface area contributed by atoms with Gasteiger partial charge in [-0.25, -0.2) is 0 Å². The number of Topliss-reactive ketones (excluding diaryl/α,β-unsaturated/α-hetero) is 1. The Morgan fingerprint density at radius 1 is 1.27 bits per heavy atom. The van der Waals surface area contributed by atoms with Crippen molar-refractivity contribution in [2.75, 3.05) is 11.9 Å². The number of ketones is 1. The standard InChI is InChI=1S/C11H13NO3/c1-8(13)10(14)11(15)12(2)9-6-4-3-5-7-9/h3-7,10,14H,1-2H3. The van der Waals surface area contributed by atoms with E-state index in [0.29, 0.717) is 5.69 Å². The van der Waals surface area contributed by atoms with Crippen LogP contribution in [0.25, 0.3) is 0 Å². The molecule has 0 saturated heterocycles. The molecule has 0 bridgehead atoms. The largest absolute Gasteiger partial charge is 0.376 e. The van der Waals surface area contributed by atoms with Crippen LogP contribution < -0.4 is 4.90 Å². The van der Waals surface area contributed by atoms with Crippen molar-refractivity contribution in [2.24, 2.45) is 0 Å². The van der Waals surface area contributed by atoms with Gasteiger partial charge >= 0.3 is 0 Å². The first-order chi connectivity index (χ1) is 7.04. The van der Waals surface area contributed by atoms with E-state index >= 15 is 0 Å². The SMILES string of the molecule is CC(=O)C(O)C(=O)N(C)c1ccccc1. The van der Waals surface area contributed by atoms with Crippen LogP contribution in [0.5, 0.6) is 0 Å². The van der Waals surface area contributed by atoms with Crippen molar-refractivity contribution in [2.45, 2.75) is 13.0 Å². The Hall–Kier alpha value is -1.68. The Balaban J connectivity index is 2.82. The number of aliphatic hydroxyl groups is 1. The molecule has 0 aromatic heterocycles. The topological polar surface area (TPSA) is 57.6 Å². The molecule has 0 aliphatic carbocycles. The minimum absolute atomic E-state index is 0.553. The second kappa shape index (κ2) is 4.70. The van der Waals surface area contributed by atoms with Gasteiger partial charge in [-0.3, -0.25) is 9.59 Å². The molecule has 0 heterocycles. The van der Waals surface area contributed by atoms with E-state index in [1.165, 1.54) is 18.9 Å². The molecule has 1 N–H and O–H groups in total. The predicted octanol–water partition coefficient (Wildman–Crippen LogP) is 0.599. The van der Waals surface area contributed by atoms with Crippen molar-refractivity contribution in [1.29, 1.82) is 0 Å². The molecule has 1 atom stereocenters. The summed E-state index contributed by atoms with van der Waals surface area (Å²) in [5.41, 5.74) is 0.641. The van der Waals surface area contributed by atoms with Gasteiger partial charge < -0.3 is 10.0 Å². The maximum atomic E-state index is 11.5. The van der Waals surface area contributed by atoms with E-state index in [4.69, 9.17) is 0 Å². The monoisotopic (exact) mass is 207 g/mol.